The monoisotopic (exact) mass is 1070 g/mol. The third-order valence-corrected chi connectivity index (χ3v) is 15.9. The van der Waals surface area contributed by atoms with Gasteiger partial charge in [0.1, 0.15) is 0 Å². The van der Waals surface area contributed by atoms with E-state index >= 15 is 0 Å². The molecule has 84 heavy (non-hydrogen) atoms. The maximum absolute atomic E-state index is 9.70. The van der Waals surface area contributed by atoms with Crippen LogP contribution in [-0.2, 0) is 0 Å². The summed E-state index contributed by atoms with van der Waals surface area (Å²) < 4.78 is 0. The molecule has 0 aliphatic heterocycles. The second kappa shape index (κ2) is 22.1. The van der Waals surface area contributed by atoms with Gasteiger partial charge in [-0.1, -0.05) is 170 Å². The second-order valence-electron chi connectivity index (χ2n) is 20.8. The van der Waals surface area contributed by atoms with Crippen LogP contribution in [0.1, 0.15) is 11.1 Å². The first-order valence-corrected chi connectivity index (χ1v) is 28.1. The van der Waals surface area contributed by atoms with E-state index < -0.39 is 0 Å². The van der Waals surface area contributed by atoms with Gasteiger partial charge < -0.3 is 19.6 Å². The van der Waals surface area contributed by atoms with Gasteiger partial charge in [0.05, 0.1) is 46.0 Å². The molecule has 14 aromatic rings. The van der Waals surface area contributed by atoms with Crippen molar-refractivity contribution in [2.45, 2.75) is 0 Å². The van der Waals surface area contributed by atoms with Gasteiger partial charge in [0.25, 0.3) is 0 Å². The molecule has 0 radical (unpaired) electrons. The lowest BCUT2D eigenvalue weighted by molar-refractivity contribution is 1.26. The van der Waals surface area contributed by atoms with Crippen LogP contribution >= 0.6 is 0 Å². The molecule has 0 fully saturated rings. The van der Waals surface area contributed by atoms with E-state index in [-0.39, 0.29) is 0 Å². The molecule has 0 aromatic heterocycles. The summed E-state index contributed by atoms with van der Waals surface area (Å²) in [5, 5.41) is 28.6. The maximum atomic E-state index is 9.70. The molecular weight excluding hydrogens is 1020 g/mol. The molecular formula is C78H52N6. The van der Waals surface area contributed by atoms with Gasteiger partial charge in [0, 0.05) is 67.0 Å². The molecule has 14 aromatic carbocycles. The van der Waals surface area contributed by atoms with Crippen molar-refractivity contribution in [3.05, 3.63) is 327 Å². The Morgan fingerprint density at radius 1 is 0.190 bits per heavy atom. The molecule has 0 aliphatic rings. The molecule has 0 spiro atoms. The fourth-order valence-electron chi connectivity index (χ4n) is 11.8. The van der Waals surface area contributed by atoms with Crippen molar-refractivity contribution >= 4 is 111 Å². The number of nitrogens with zero attached hydrogens (tertiary/aromatic N) is 6. The largest absolute Gasteiger partial charge is 0.310 e. The van der Waals surface area contributed by atoms with Crippen LogP contribution in [0.4, 0.5) is 68.2 Å². The van der Waals surface area contributed by atoms with Crippen molar-refractivity contribution in [3.8, 4) is 23.3 Å². The molecule has 0 heterocycles. The van der Waals surface area contributed by atoms with E-state index in [4.69, 9.17) is 0 Å². The van der Waals surface area contributed by atoms with E-state index in [2.05, 4.69) is 299 Å². The number of benzene rings is 14. The molecule has 6 nitrogen and oxygen atoms in total. The van der Waals surface area contributed by atoms with Crippen LogP contribution in [0.3, 0.4) is 0 Å². The summed E-state index contributed by atoms with van der Waals surface area (Å²) in [5.41, 5.74) is 15.7. The fraction of sp³-hybridized carbons (Fsp3) is 0. The highest BCUT2D eigenvalue weighted by atomic mass is 15.2. The number of hydrogen-bond acceptors (Lipinski definition) is 6. The lowest BCUT2D eigenvalue weighted by atomic mass is 10.0. The van der Waals surface area contributed by atoms with Crippen molar-refractivity contribution in [1.82, 2.24) is 0 Å². The van der Waals surface area contributed by atoms with Gasteiger partial charge in [-0.05, 0) is 178 Å². The number of rotatable bonds is 13. The first kappa shape index (κ1) is 50.5. The Balaban J connectivity index is 0.818. The average molecular weight is 1070 g/mol. The maximum Gasteiger partial charge on any atom is 0.0991 e. The van der Waals surface area contributed by atoms with Crippen molar-refractivity contribution in [2.24, 2.45) is 0 Å². The van der Waals surface area contributed by atoms with Crippen molar-refractivity contribution in [3.63, 3.8) is 0 Å². The molecule has 14 rings (SSSR count). The third-order valence-electron chi connectivity index (χ3n) is 15.9. The molecule has 0 aliphatic carbocycles. The minimum absolute atomic E-state index is 0.616. The lowest BCUT2D eigenvalue weighted by Gasteiger charge is -2.30. The van der Waals surface area contributed by atoms with Gasteiger partial charge in [0.15, 0.2) is 0 Å². The molecule has 0 saturated carbocycles. The average Bonchev–Trinajstić information content (AvgIpc) is 3.74. The van der Waals surface area contributed by atoms with Crippen LogP contribution < -0.4 is 19.6 Å². The van der Waals surface area contributed by atoms with Gasteiger partial charge in [-0.2, -0.15) is 10.5 Å². The van der Waals surface area contributed by atoms with E-state index in [1.165, 1.54) is 0 Å². The molecule has 0 saturated heterocycles. The predicted molar refractivity (Wildman–Crippen MR) is 350 cm³/mol. The Labute approximate surface area is 488 Å². The van der Waals surface area contributed by atoms with E-state index in [0.29, 0.717) is 11.1 Å². The van der Waals surface area contributed by atoms with Crippen molar-refractivity contribution in [1.29, 1.82) is 10.5 Å². The van der Waals surface area contributed by atoms with Crippen LogP contribution in [0, 0.1) is 22.7 Å². The Morgan fingerprint density at radius 3 is 0.607 bits per heavy atom. The Kier molecular flexibility index (Phi) is 13.3. The first-order chi connectivity index (χ1) is 41.6. The van der Waals surface area contributed by atoms with Gasteiger partial charge in [0.2, 0.25) is 0 Å². The summed E-state index contributed by atoms with van der Waals surface area (Å²) in [4.78, 5) is 9.24. The summed E-state index contributed by atoms with van der Waals surface area (Å²) in [6.07, 6.45) is 0. The lowest BCUT2D eigenvalue weighted by Crippen LogP contribution is -2.13. The van der Waals surface area contributed by atoms with E-state index in [1.807, 2.05) is 48.5 Å². The van der Waals surface area contributed by atoms with Gasteiger partial charge in [-0.3, -0.25) is 0 Å². The molecule has 0 amide bonds. The minimum atomic E-state index is 0.616. The van der Waals surface area contributed by atoms with Crippen molar-refractivity contribution in [2.75, 3.05) is 19.6 Å². The minimum Gasteiger partial charge on any atom is -0.310 e. The number of nitriles is 2. The van der Waals surface area contributed by atoms with Crippen molar-refractivity contribution < 1.29 is 0 Å². The summed E-state index contributed by atoms with van der Waals surface area (Å²) in [7, 11) is 0. The second-order valence-corrected chi connectivity index (χ2v) is 20.8. The summed E-state index contributed by atoms with van der Waals surface area (Å²) >= 11 is 0. The van der Waals surface area contributed by atoms with E-state index in [1.54, 1.807) is 0 Å². The first-order valence-electron chi connectivity index (χ1n) is 28.1. The fourth-order valence-corrected chi connectivity index (χ4v) is 11.8. The Hall–Kier alpha value is -11.7. The van der Waals surface area contributed by atoms with E-state index in [9.17, 15) is 10.5 Å². The third kappa shape index (κ3) is 9.52. The molecule has 0 N–H and O–H groups in total. The summed E-state index contributed by atoms with van der Waals surface area (Å²) in [6.45, 7) is 0. The molecule has 394 valence electrons. The number of fused-ring (bicyclic) bond motifs is 4. The highest BCUT2D eigenvalue weighted by molar-refractivity contribution is 6.03. The number of hydrogen-bond donors (Lipinski definition) is 0. The quantitative estimate of drug-likeness (QED) is 0.115. The van der Waals surface area contributed by atoms with E-state index in [0.717, 1.165) is 122 Å². The Morgan fingerprint density at radius 2 is 0.381 bits per heavy atom. The SMILES string of the molecule is N#Cc1ccc(N(c2ccc(N(c3ccc(-c4ccc(N(c5ccc(N(c6ccc(C#N)cc6)c6cccc7ccccc67)cc5)c5cccc6ccccc56)cc4)cc3)c3cccc4ccccc34)cc2)c2cccc3ccccc23)cc1. The Bertz CT molecular complexity index is 4460. The topological polar surface area (TPSA) is 60.5 Å². The smallest absolute Gasteiger partial charge is 0.0991 e. The van der Waals surface area contributed by atoms with Crippen LogP contribution in [0.5, 0.6) is 0 Å². The van der Waals surface area contributed by atoms with Crippen LogP contribution in [-0.4, -0.2) is 0 Å². The normalized spacial score (nSPS) is 11.1. The highest BCUT2D eigenvalue weighted by Gasteiger charge is 2.22. The molecule has 0 atom stereocenters. The van der Waals surface area contributed by atoms with Gasteiger partial charge in [-0.25, -0.2) is 0 Å². The van der Waals surface area contributed by atoms with Gasteiger partial charge >= 0.3 is 0 Å². The zero-order chi connectivity index (χ0) is 56.3. The zero-order valence-electron chi connectivity index (χ0n) is 45.7. The molecule has 0 unspecified atom stereocenters. The summed E-state index contributed by atoms with van der Waals surface area (Å²) in [6, 6.07) is 115. The zero-order valence-corrected chi connectivity index (χ0v) is 45.7. The molecule has 6 heteroatoms. The molecule has 0 bridgehead atoms. The predicted octanol–water partition coefficient (Wildman–Crippen LogP) is 21.6. The van der Waals surface area contributed by atoms with Crippen LogP contribution in [0.2, 0.25) is 0 Å². The van der Waals surface area contributed by atoms with Crippen LogP contribution in [0.15, 0.2) is 315 Å². The van der Waals surface area contributed by atoms with Crippen LogP contribution in [0.25, 0.3) is 54.2 Å². The van der Waals surface area contributed by atoms with Gasteiger partial charge in [-0.15, -0.1) is 0 Å². The number of anilines is 12. The summed E-state index contributed by atoms with van der Waals surface area (Å²) in [5.74, 6) is 0. The standard InChI is InChI=1S/C78H52N6/c79-53-55-29-37-63(38-30-55)81(75-25-9-17-59-13-1-5-21-71(59)75)67-45-49-69(50-46-67)83(77-27-11-19-61-15-3-7-23-73(61)77)65-41-33-57(34-42-65)58-35-43-66(44-36-58)84(78-28-12-20-62-16-4-8-24-74(62)78)70-51-47-68(48-52-70)82(64-39-31-56(54-80)32-40-64)76-26-10-18-60-14-2-6-22-72(60)76/h1-52H. The highest BCUT2D eigenvalue weighted by Crippen LogP contribution is 2.46.